The van der Waals surface area contributed by atoms with Gasteiger partial charge in [-0.25, -0.2) is 0 Å². The van der Waals surface area contributed by atoms with Crippen LogP contribution in [-0.2, 0) is 14.3 Å². The number of ether oxygens (including phenoxy) is 1. The van der Waals surface area contributed by atoms with E-state index in [1.54, 1.807) is 11.8 Å². The van der Waals surface area contributed by atoms with Gasteiger partial charge in [-0.05, 0) is 31.2 Å². The maximum atomic E-state index is 11.5. The second-order valence-electron chi connectivity index (χ2n) is 7.50. The van der Waals surface area contributed by atoms with Gasteiger partial charge in [0.05, 0.1) is 0 Å². The molecular formula is C19H29NO3S. The molecule has 134 valence electrons. The van der Waals surface area contributed by atoms with Gasteiger partial charge in [0.15, 0.2) is 0 Å². The lowest BCUT2D eigenvalue weighted by molar-refractivity contribution is -0.155. The molecule has 1 unspecified atom stereocenters. The summed E-state index contributed by atoms with van der Waals surface area (Å²) in [4.78, 5) is 22.8. The van der Waals surface area contributed by atoms with Gasteiger partial charge < -0.3 is 10.1 Å². The Morgan fingerprint density at radius 2 is 1.71 bits per heavy atom. The van der Waals surface area contributed by atoms with E-state index in [1.165, 1.54) is 13.8 Å². The molecule has 0 radical (unpaired) electrons. The molecule has 1 aromatic rings. The van der Waals surface area contributed by atoms with Crippen molar-refractivity contribution in [2.75, 3.05) is 5.75 Å². The van der Waals surface area contributed by atoms with Crippen LogP contribution in [0.25, 0.3) is 0 Å². The lowest BCUT2D eigenvalue weighted by Gasteiger charge is -2.35. The molecule has 0 spiro atoms. The van der Waals surface area contributed by atoms with E-state index in [1.807, 2.05) is 44.2 Å². The molecule has 1 atom stereocenters. The minimum absolute atomic E-state index is 0.0465. The van der Waals surface area contributed by atoms with Crippen LogP contribution in [0.4, 0.5) is 0 Å². The molecule has 0 saturated heterocycles. The third kappa shape index (κ3) is 7.86. The molecule has 24 heavy (non-hydrogen) atoms. The summed E-state index contributed by atoms with van der Waals surface area (Å²) in [5.74, 6) is 0.524. The highest BCUT2D eigenvalue weighted by Gasteiger charge is 2.32. The van der Waals surface area contributed by atoms with Crippen LogP contribution < -0.4 is 5.32 Å². The highest BCUT2D eigenvalue weighted by Crippen LogP contribution is 2.37. The Morgan fingerprint density at radius 3 is 2.21 bits per heavy atom. The Balaban J connectivity index is 2.74. The van der Waals surface area contributed by atoms with E-state index in [4.69, 9.17) is 4.74 Å². The number of nitrogens with one attached hydrogen (secondary N) is 1. The van der Waals surface area contributed by atoms with E-state index in [-0.39, 0.29) is 22.7 Å². The van der Waals surface area contributed by atoms with Crippen LogP contribution >= 0.6 is 11.8 Å². The fourth-order valence-electron chi connectivity index (χ4n) is 2.97. The lowest BCUT2D eigenvalue weighted by atomic mass is 9.83. The van der Waals surface area contributed by atoms with Crippen molar-refractivity contribution in [2.45, 2.75) is 58.9 Å². The Bertz CT molecular complexity index is 555. The van der Waals surface area contributed by atoms with Gasteiger partial charge in [-0.3, -0.25) is 9.59 Å². The molecule has 4 nitrogen and oxygen atoms in total. The van der Waals surface area contributed by atoms with Crippen molar-refractivity contribution in [3.05, 3.63) is 35.9 Å². The second kappa shape index (κ2) is 8.56. The standard InChI is InChI=1S/C19H29NO3S/c1-14(21)20-17(16-10-8-7-9-11-16)24-13-18(3,4)12-19(5,6)23-15(2)22/h7-11,17H,12-13H2,1-6H3,(H,20,21). The van der Waals surface area contributed by atoms with E-state index in [0.717, 1.165) is 17.7 Å². The number of hydrogen-bond acceptors (Lipinski definition) is 4. The average Bonchev–Trinajstić information content (AvgIpc) is 2.41. The van der Waals surface area contributed by atoms with Crippen LogP contribution in [0, 0.1) is 5.41 Å². The van der Waals surface area contributed by atoms with Crippen LogP contribution in [0.1, 0.15) is 58.9 Å². The third-order valence-corrected chi connectivity index (χ3v) is 5.07. The first-order chi connectivity index (χ1) is 11.0. The van der Waals surface area contributed by atoms with Gasteiger partial charge in [0.2, 0.25) is 5.91 Å². The smallest absolute Gasteiger partial charge is 0.303 e. The molecule has 0 aliphatic rings. The minimum Gasteiger partial charge on any atom is -0.460 e. The van der Waals surface area contributed by atoms with Crippen molar-refractivity contribution in [1.82, 2.24) is 5.32 Å². The van der Waals surface area contributed by atoms with Gasteiger partial charge in [-0.15, -0.1) is 11.8 Å². The first kappa shape index (κ1) is 20.6. The number of amides is 1. The molecule has 0 fully saturated rings. The zero-order valence-corrected chi connectivity index (χ0v) is 16.3. The summed E-state index contributed by atoms with van der Waals surface area (Å²) in [5.41, 5.74) is 0.522. The monoisotopic (exact) mass is 351 g/mol. The Labute approximate surface area is 149 Å². The molecule has 0 aliphatic heterocycles. The van der Waals surface area contributed by atoms with Crippen LogP contribution in [0.5, 0.6) is 0 Å². The predicted molar refractivity (Wildman–Crippen MR) is 99.7 cm³/mol. The molecule has 5 heteroatoms. The van der Waals surface area contributed by atoms with Crippen LogP contribution in [0.15, 0.2) is 30.3 Å². The predicted octanol–water partition coefficient (Wildman–Crippen LogP) is 4.31. The van der Waals surface area contributed by atoms with Gasteiger partial charge in [-0.2, -0.15) is 0 Å². The van der Waals surface area contributed by atoms with Crippen LogP contribution in [0.3, 0.4) is 0 Å². The molecule has 1 N–H and O–H groups in total. The Hall–Kier alpha value is -1.49. The van der Waals surface area contributed by atoms with Crippen molar-refractivity contribution < 1.29 is 14.3 Å². The van der Waals surface area contributed by atoms with Gasteiger partial charge in [0, 0.05) is 19.6 Å². The number of esters is 1. The summed E-state index contributed by atoms with van der Waals surface area (Å²) in [6, 6.07) is 9.94. The minimum atomic E-state index is -0.508. The topological polar surface area (TPSA) is 55.4 Å². The number of rotatable bonds is 8. The zero-order chi connectivity index (χ0) is 18.4. The molecule has 1 aromatic carbocycles. The number of benzene rings is 1. The summed E-state index contributed by atoms with van der Waals surface area (Å²) in [6.45, 7) is 11.1. The molecule has 0 heterocycles. The maximum absolute atomic E-state index is 11.5. The first-order valence-corrected chi connectivity index (χ1v) is 9.19. The molecule has 0 aliphatic carbocycles. The quantitative estimate of drug-likeness (QED) is 0.560. The van der Waals surface area contributed by atoms with Gasteiger partial charge in [0.25, 0.3) is 0 Å². The molecule has 1 amide bonds. The van der Waals surface area contributed by atoms with E-state index < -0.39 is 5.60 Å². The van der Waals surface area contributed by atoms with Crippen LogP contribution in [0.2, 0.25) is 0 Å². The first-order valence-electron chi connectivity index (χ1n) is 8.14. The Morgan fingerprint density at radius 1 is 1.12 bits per heavy atom. The van der Waals surface area contributed by atoms with Gasteiger partial charge in [0.1, 0.15) is 11.0 Å². The van der Waals surface area contributed by atoms with E-state index in [0.29, 0.717) is 0 Å². The molecule has 1 rings (SSSR count). The molecule has 0 bridgehead atoms. The zero-order valence-electron chi connectivity index (χ0n) is 15.5. The highest BCUT2D eigenvalue weighted by molar-refractivity contribution is 7.99. The molecule has 0 aromatic heterocycles. The van der Waals surface area contributed by atoms with Crippen molar-refractivity contribution in [1.29, 1.82) is 0 Å². The van der Waals surface area contributed by atoms with Crippen molar-refractivity contribution in [2.24, 2.45) is 5.41 Å². The lowest BCUT2D eigenvalue weighted by Crippen LogP contribution is -2.35. The van der Waals surface area contributed by atoms with Gasteiger partial charge >= 0.3 is 5.97 Å². The number of hydrogen-bond donors (Lipinski definition) is 1. The SMILES string of the molecule is CC(=O)NC(SCC(C)(C)CC(C)(C)OC(C)=O)c1ccccc1. The summed E-state index contributed by atoms with van der Waals surface area (Å²) in [7, 11) is 0. The fourth-order valence-corrected chi connectivity index (χ4v) is 4.29. The van der Waals surface area contributed by atoms with Gasteiger partial charge in [-0.1, -0.05) is 44.2 Å². The highest BCUT2D eigenvalue weighted by atomic mass is 32.2. The summed E-state index contributed by atoms with van der Waals surface area (Å²) in [5, 5.41) is 2.92. The largest absolute Gasteiger partial charge is 0.460 e. The number of carbonyl (C=O) groups is 2. The van der Waals surface area contributed by atoms with Crippen LogP contribution in [-0.4, -0.2) is 23.2 Å². The van der Waals surface area contributed by atoms with Crippen molar-refractivity contribution >= 4 is 23.6 Å². The second-order valence-corrected chi connectivity index (χ2v) is 8.59. The van der Waals surface area contributed by atoms with E-state index in [9.17, 15) is 9.59 Å². The fraction of sp³-hybridized carbons (Fsp3) is 0.579. The summed E-state index contributed by atoms with van der Waals surface area (Å²) >= 11 is 1.70. The van der Waals surface area contributed by atoms with Crippen molar-refractivity contribution in [3.63, 3.8) is 0 Å². The van der Waals surface area contributed by atoms with Crippen molar-refractivity contribution in [3.8, 4) is 0 Å². The summed E-state index contributed by atoms with van der Waals surface area (Å²) in [6.07, 6.45) is 0.744. The Kier molecular flexibility index (Phi) is 7.33. The van der Waals surface area contributed by atoms with E-state index >= 15 is 0 Å². The summed E-state index contributed by atoms with van der Waals surface area (Å²) < 4.78 is 5.41. The normalized spacial score (nSPS) is 13.2. The average molecular weight is 352 g/mol. The third-order valence-electron chi connectivity index (χ3n) is 3.40. The molecular weight excluding hydrogens is 322 g/mol. The number of carbonyl (C=O) groups excluding carboxylic acids is 2. The molecule has 0 saturated carbocycles. The van der Waals surface area contributed by atoms with E-state index in [2.05, 4.69) is 19.2 Å². The number of thioether (sulfide) groups is 1. The maximum Gasteiger partial charge on any atom is 0.303 e.